The van der Waals surface area contributed by atoms with E-state index in [9.17, 15) is 1.37 Å². The standard InChI is InChI=1S/C45H28N4S/c1-3-12-29(13-4-1)31-16-11-17-32(26-31)33-22-24-36-35-18-7-9-20-39(35)49(40(36)27-33)45-47-43(30-14-5-2-6-15-30)46-44(48-45)34-23-25-38-37-19-8-10-21-41(37)50-42(38)28-34/h1-28H/i7D,9D,18D,20D. The zero-order valence-corrected chi connectivity index (χ0v) is 27.4. The zero-order valence-electron chi connectivity index (χ0n) is 30.6. The van der Waals surface area contributed by atoms with Gasteiger partial charge in [-0.3, -0.25) is 4.57 Å². The molecule has 0 aliphatic rings. The normalized spacial score (nSPS) is 12.7. The Hall–Kier alpha value is -6.43. The maximum absolute atomic E-state index is 9.19. The molecule has 10 rings (SSSR count). The second-order valence-corrected chi connectivity index (χ2v) is 13.3. The van der Waals surface area contributed by atoms with Gasteiger partial charge in [0.15, 0.2) is 11.6 Å². The number of rotatable bonds is 5. The van der Waals surface area contributed by atoms with Crippen molar-refractivity contribution in [2.24, 2.45) is 0 Å². The minimum Gasteiger partial charge on any atom is -0.278 e. The van der Waals surface area contributed by atoms with Crippen molar-refractivity contribution >= 4 is 53.3 Å². The monoisotopic (exact) mass is 660 g/mol. The topological polar surface area (TPSA) is 43.6 Å². The molecular weight excluding hydrogens is 629 g/mol. The minimum atomic E-state index is -0.319. The molecular formula is C45H28N4S. The van der Waals surface area contributed by atoms with Crippen LogP contribution in [0.4, 0.5) is 0 Å². The molecule has 0 fully saturated rings. The molecule has 3 aromatic heterocycles. The van der Waals surface area contributed by atoms with E-state index < -0.39 is 0 Å². The average Bonchev–Trinajstić information content (AvgIpc) is 3.78. The highest BCUT2D eigenvalue weighted by atomic mass is 32.1. The Balaban J connectivity index is 1.25. The predicted octanol–water partition coefficient (Wildman–Crippen LogP) is 12.0. The Labute approximate surface area is 298 Å². The summed E-state index contributed by atoms with van der Waals surface area (Å²) in [6.45, 7) is 0. The second-order valence-electron chi connectivity index (χ2n) is 12.2. The second kappa shape index (κ2) is 11.6. The van der Waals surface area contributed by atoms with Crippen LogP contribution in [0.25, 0.3) is 93.0 Å². The Morgan fingerprint density at radius 1 is 0.420 bits per heavy atom. The van der Waals surface area contributed by atoms with Gasteiger partial charge in [-0.15, -0.1) is 11.3 Å². The summed E-state index contributed by atoms with van der Waals surface area (Å²) in [6, 6.07) is 48.0. The van der Waals surface area contributed by atoms with Crippen molar-refractivity contribution in [2.45, 2.75) is 0 Å². The Bertz CT molecular complexity index is 3100. The average molecular weight is 661 g/mol. The third-order valence-electron chi connectivity index (χ3n) is 9.19. The quantitative estimate of drug-likeness (QED) is 0.184. The summed E-state index contributed by atoms with van der Waals surface area (Å²) in [4.78, 5) is 15.1. The number of hydrogen-bond acceptors (Lipinski definition) is 4. The van der Waals surface area contributed by atoms with Gasteiger partial charge in [-0.2, -0.15) is 9.97 Å². The lowest BCUT2D eigenvalue weighted by Gasteiger charge is -2.12. The molecule has 5 heteroatoms. The lowest BCUT2D eigenvalue weighted by Crippen LogP contribution is -2.06. The molecule has 0 radical (unpaired) electrons. The van der Waals surface area contributed by atoms with Gasteiger partial charge in [0.1, 0.15) is 0 Å². The summed E-state index contributed by atoms with van der Waals surface area (Å²) in [5.41, 5.74) is 6.69. The van der Waals surface area contributed by atoms with Crippen LogP contribution >= 0.6 is 11.3 Å². The van der Waals surface area contributed by atoms with Crippen molar-refractivity contribution in [3.8, 4) is 51.0 Å². The van der Waals surface area contributed by atoms with Crippen LogP contribution in [-0.2, 0) is 0 Å². The number of nitrogens with zero attached hydrogens (tertiary/aromatic N) is 4. The molecule has 234 valence electrons. The van der Waals surface area contributed by atoms with Gasteiger partial charge < -0.3 is 0 Å². The zero-order chi connectivity index (χ0) is 36.5. The molecule has 0 aliphatic carbocycles. The van der Waals surface area contributed by atoms with Crippen molar-refractivity contribution in [2.75, 3.05) is 0 Å². The van der Waals surface area contributed by atoms with Gasteiger partial charge in [0.05, 0.1) is 16.5 Å². The molecule has 4 nitrogen and oxygen atoms in total. The van der Waals surface area contributed by atoms with Gasteiger partial charge in [-0.25, -0.2) is 4.98 Å². The third kappa shape index (κ3) is 4.79. The van der Waals surface area contributed by atoms with Crippen LogP contribution in [0.15, 0.2) is 170 Å². The van der Waals surface area contributed by atoms with Crippen molar-refractivity contribution < 1.29 is 5.48 Å². The Morgan fingerprint density at radius 2 is 1.04 bits per heavy atom. The van der Waals surface area contributed by atoms with E-state index in [1.165, 1.54) is 15.5 Å². The highest BCUT2D eigenvalue weighted by Gasteiger charge is 2.19. The van der Waals surface area contributed by atoms with Crippen LogP contribution < -0.4 is 0 Å². The third-order valence-corrected chi connectivity index (χ3v) is 10.3. The summed E-state index contributed by atoms with van der Waals surface area (Å²) >= 11 is 1.72. The molecule has 0 spiro atoms. The van der Waals surface area contributed by atoms with E-state index >= 15 is 0 Å². The fraction of sp³-hybridized carbons (Fsp3) is 0. The molecule has 0 saturated heterocycles. The number of fused-ring (bicyclic) bond motifs is 6. The van der Waals surface area contributed by atoms with Crippen molar-refractivity contribution in [1.82, 2.24) is 19.5 Å². The maximum Gasteiger partial charge on any atom is 0.238 e. The predicted molar refractivity (Wildman–Crippen MR) is 209 cm³/mol. The van der Waals surface area contributed by atoms with Crippen LogP contribution in [0, 0.1) is 0 Å². The Kier molecular flexibility index (Phi) is 5.73. The van der Waals surface area contributed by atoms with Gasteiger partial charge in [0, 0.05) is 42.1 Å². The van der Waals surface area contributed by atoms with E-state index in [2.05, 4.69) is 66.7 Å². The van der Waals surface area contributed by atoms with Gasteiger partial charge in [-0.1, -0.05) is 139 Å². The summed E-state index contributed by atoms with van der Waals surface area (Å²) < 4.78 is 39.6. The van der Waals surface area contributed by atoms with Crippen LogP contribution in [0.5, 0.6) is 0 Å². The number of thiophene rings is 1. The molecule has 0 atom stereocenters. The molecule has 0 amide bonds. The highest BCUT2D eigenvalue weighted by Crippen LogP contribution is 2.38. The maximum atomic E-state index is 9.19. The molecule has 0 aliphatic heterocycles. The largest absolute Gasteiger partial charge is 0.278 e. The molecule has 50 heavy (non-hydrogen) atoms. The lowest BCUT2D eigenvalue weighted by molar-refractivity contribution is 0.954. The smallest absolute Gasteiger partial charge is 0.238 e. The van der Waals surface area contributed by atoms with Crippen molar-refractivity contribution in [3.63, 3.8) is 0 Å². The van der Waals surface area contributed by atoms with E-state index in [0.717, 1.165) is 38.1 Å². The molecule has 0 bridgehead atoms. The molecule has 7 aromatic carbocycles. The van der Waals surface area contributed by atoms with Gasteiger partial charge >= 0.3 is 0 Å². The van der Waals surface area contributed by atoms with E-state index in [1.54, 1.807) is 15.9 Å². The molecule has 0 N–H and O–H groups in total. The summed E-state index contributed by atoms with van der Waals surface area (Å²) in [5, 5.41) is 3.46. The highest BCUT2D eigenvalue weighted by molar-refractivity contribution is 7.25. The van der Waals surface area contributed by atoms with Crippen LogP contribution in [0.1, 0.15) is 5.48 Å². The Morgan fingerprint density at radius 3 is 1.88 bits per heavy atom. The summed E-state index contributed by atoms with van der Waals surface area (Å²) in [7, 11) is 0. The number of benzene rings is 7. The molecule has 3 heterocycles. The minimum absolute atomic E-state index is 0.110. The van der Waals surface area contributed by atoms with E-state index in [-0.39, 0.29) is 30.1 Å². The number of hydrogen-bond donors (Lipinski definition) is 0. The lowest BCUT2D eigenvalue weighted by atomic mass is 9.98. The fourth-order valence-corrected chi connectivity index (χ4v) is 7.93. The van der Waals surface area contributed by atoms with Crippen molar-refractivity contribution in [3.05, 3.63) is 170 Å². The number of para-hydroxylation sites is 1. The van der Waals surface area contributed by atoms with E-state index in [4.69, 9.17) is 19.1 Å². The van der Waals surface area contributed by atoms with Crippen LogP contribution in [0.3, 0.4) is 0 Å². The van der Waals surface area contributed by atoms with Crippen molar-refractivity contribution in [1.29, 1.82) is 0 Å². The molecule has 0 unspecified atom stereocenters. The van der Waals surface area contributed by atoms with Gasteiger partial charge in [0.25, 0.3) is 0 Å². The van der Waals surface area contributed by atoms with E-state index in [1.807, 2.05) is 78.9 Å². The molecule has 10 aromatic rings. The van der Waals surface area contributed by atoms with Crippen LogP contribution in [-0.4, -0.2) is 19.5 Å². The molecule has 0 saturated carbocycles. The first-order chi connectivity index (χ1) is 26.4. The fourth-order valence-electron chi connectivity index (χ4n) is 6.79. The summed E-state index contributed by atoms with van der Waals surface area (Å²) in [6.07, 6.45) is 0. The van der Waals surface area contributed by atoms with Gasteiger partial charge in [0.2, 0.25) is 5.95 Å². The van der Waals surface area contributed by atoms with Crippen LogP contribution in [0.2, 0.25) is 0 Å². The van der Waals surface area contributed by atoms with E-state index in [0.29, 0.717) is 33.5 Å². The number of aromatic nitrogens is 4. The van der Waals surface area contributed by atoms with Gasteiger partial charge in [-0.05, 0) is 52.6 Å². The first-order valence-corrected chi connectivity index (χ1v) is 17.2. The first kappa shape index (κ1) is 24.7. The first-order valence-electron chi connectivity index (χ1n) is 18.4. The summed E-state index contributed by atoms with van der Waals surface area (Å²) in [5.74, 6) is 1.17. The SMILES string of the molecule is [2H]c1c([2H])c([2H])c2c(c1[2H])c1ccc(-c3cccc(-c4ccccc4)c3)cc1n2-c1nc(-c2ccccc2)nc(-c2ccc3c(c2)sc2ccccc23)n1.